The van der Waals surface area contributed by atoms with Crippen molar-refractivity contribution in [3.8, 4) is 11.1 Å². The van der Waals surface area contributed by atoms with E-state index in [1.807, 2.05) is 48.5 Å². The van der Waals surface area contributed by atoms with Crippen LogP contribution in [0.5, 0.6) is 0 Å². The predicted molar refractivity (Wildman–Crippen MR) is 104 cm³/mol. The van der Waals surface area contributed by atoms with Gasteiger partial charge in [0.05, 0.1) is 0 Å². The van der Waals surface area contributed by atoms with Crippen LogP contribution in [-0.2, 0) is 16.6 Å². The smallest absolute Gasteiger partial charge is 0.256 e. The zero-order chi connectivity index (χ0) is 18.9. The number of rotatable bonds is 5. The molecule has 0 amide bonds. The lowest BCUT2D eigenvalue weighted by atomic mass is 10.0. The lowest BCUT2D eigenvalue weighted by Gasteiger charge is -2.08. The van der Waals surface area contributed by atoms with Crippen molar-refractivity contribution in [1.82, 2.24) is 9.71 Å². The summed E-state index contributed by atoms with van der Waals surface area (Å²) in [4.78, 5) is 2.93. The summed E-state index contributed by atoms with van der Waals surface area (Å²) < 4.78 is 40.9. The highest BCUT2D eigenvalue weighted by atomic mass is 32.2. The molecule has 136 valence electrons. The molecule has 0 saturated carbocycles. The lowest BCUT2D eigenvalue weighted by Crippen LogP contribution is -2.23. The van der Waals surface area contributed by atoms with Crippen molar-refractivity contribution < 1.29 is 12.8 Å². The number of aromatic amines is 1. The van der Waals surface area contributed by atoms with Crippen LogP contribution in [0.3, 0.4) is 0 Å². The second-order valence-electron chi connectivity index (χ2n) is 6.25. The van der Waals surface area contributed by atoms with Gasteiger partial charge in [0.2, 0.25) is 0 Å². The van der Waals surface area contributed by atoms with Gasteiger partial charge in [0.15, 0.2) is 0 Å². The fraction of sp³-hybridized carbons (Fsp3) is 0.0476. The molecule has 0 spiro atoms. The molecule has 4 aromatic rings. The van der Waals surface area contributed by atoms with E-state index in [9.17, 15) is 12.8 Å². The van der Waals surface area contributed by atoms with Gasteiger partial charge in [0, 0.05) is 17.4 Å². The van der Waals surface area contributed by atoms with Crippen molar-refractivity contribution in [1.29, 1.82) is 0 Å². The minimum absolute atomic E-state index is 0.137. The van der Waals surface area contributed by atoms with E-state index in [2.05, 4.69) is 9.71 Å². The molecular formula is C21H17FN2O2S. The third-order valence-corrected chi connectivity index (χ3v) is 5.69. The van der Waals surface area contributed by atoms with Gasteiger partial charge in [0.1, 0.15) is 10.8 Å². The lowest BCUT2D eigenvalue weighted by molar-refractivity contribution is 0.578. The van der Waals surface area contributed by atoms with Gasteiger partial charge >= 0.3 is 0 Å². The largest absolute Gasteiger partial charge is 0.345 e. The van der Waals surface area contributed by atoms with Crippen LogP contribution in [0.2, 0.25) is 0 Å². The molecule has 0 radical (unpaired) electrons. The molecule has 4 nitrogen and oxygen atoms in total. The first-order chi connectivity index (χ1) is 13.0. The molecule has 0 unspecified atom stereocenters. The molecule has 0 saturated heterocycles. The molecule has 0 bridgehead atoms. The van der Waals surface area contributed by atoms with Gasteiger partial charge < -0.3 is 4.98 Å². The number of nitrogens with one attached hydrogen (secondary N) is 2. The van der Waals surface area contributed by atoms with Gasteiger partial charge in [-0.25, -0.2) is 17.5 Å². The Hall–Kier alpha value is -2.96. The predicted octanol–water partition coefficient (Wildman–Crippen LogP) is 4.45. The van der Waals surface area contributed by atoms with E-state index in [1.54, 1.807) is 18.2 Å². The van der Waals surface area contributed by atoms with E-state index in [0.29, 0.717) is 0 Å². The Morgan fingerprint density at radius 2 is 1.63 bits per heavy atom. The van der Waals surface area contributed by atoms with E-state index in [1.165, 1.54) is 12.1 Å². The van der Waals surface area contributed by atoms with Crippen LogP contribution >= 0.6 is 0 Å². The van der Waals surface area contributed by atoms with Gasteiger partial charge in [-0.3, -0.25) is 0 Å². The topological polar surface area (TPSA) is 62.0 Å². The first kappa shape index (κ1) is 17.5. The highest BCUT2D eigenvalue weighted by Crippen LogP contribution is 2.22. The highest BCUT2D eigenvalue weighted by molar-refractivity contribution is 7.89. The Kier molecular flexibility index (Phi) is 4.51. The Morgan fingerprint density at radius 1 is 0.852 bits per heavy atom. The summed E-state index contributed by atoms with van der Waals surface area (Å²) in [7, 11) is -3.66. The van der Waals surface area contributed by atoms with Crippen LogP contribution in [0.15, 0.2) is 83.9 Å². The van der Waals surface area contributed by atoms with Crippen LogP contribution in [0.4, 0.5) is 4.39 Å². The van der Waals surface area contributed by atoms with E-state index < -0.39 is 10.0 Å². The molecule has 3 aromatic carbocycles. The second kappa shape index (κ2) is 6.98. The minimum atomic E-state index is -3.66. The maximum absolute atomic E-state index is 13.1. The zero-order valence-electron chi connectivity index (χ0n) is 14.3. The fourth-order valence-corrected chi connectivity index (χ4v) is 3.99. The molecular weight excluding hydrogens is 363 g/mol. The normalized spacial score (nSPS) is 11.7. The molecule has 0 atom stereocenters. The Morgan fingerprint density at radius 3 is 2.41 bits per heavy atom. The van der Waals surface area contributed by atoms with Crippen molar-refractivity contribution in [2.24, 2.45) is 0 Å². The third-order valence-electron chi connectivity index (χ3n) is 4.37. The number of hydrogen-bond donors (Lipinski definition) is 2. The number of sulfonamides is 1. The molecule has 27 heavy (non-hydrogen) atoms. The molecule has 1 heterocycles. The van der Waals surface area contributed by atoms with Crippen molar-refractivity contribution in [2.45, 2.75) is 11.6 Å². The van der Waals surface area contributed by atoms with Gasteiger partial charge in [-0.2, -0.15) is 0 Å². The summed E-state index contributed by atoms with van der Waals surface area (Å²) >= 11 is 0. The van der Waals surface area contributed by atoms with E-state index in [-0.39, 0.29) is 17.4 Å². The Labute approximate surface area is 156 Å². The number of hydrogen-bond acceptors (Lipinski definition) is 2. The number of H-pyrrole nitrogens is 1. The second-order valence-corrected chi connectivity index (χ2v) is 7.99. The quantitative estimate of drug-likeness (QED) is 0.537. The molecule has 4 rings (SSSR count). The molecule has 0 aliphatic carbocycles. The third kappa shape index (κ3) is 3.77. The van der Waals surface area contributed by atoms with E-state index >= 15 is 0 Å². The summed E-state index contributed by atoms with van der Waals surface area (Å²) in [6.07, 6.45) is 0. The molecule has 6 heteroatoms. The fourth-order valence-electron chi connectivity index (χ4n) is 2.95. The van der Waals surface area contributed by atoms with Crippen molar-refractivity contribution in [3.63, 3.8) is 0 Å². The van der Waals surface area contributed by atoms with Crippen LogP contribution in [0, 0.1) is 5.82 Å². The van der Waals surface area contributed by atoms with Gasteiger partial charge in [-0.15, -0.1) is 0 Å². The van der Waals surface area contributed by atoms with Crippen LogP contribution in [-0.4, -0.2) is 13.4 Å². The SMILES string of the molecule is O=S(=O)(NCc1cccc(-c2ccc(F)cc2)c1)c1cc2ccccc2[nH]1. The monoisotopic (exact) mass is 380 g/mol. The number of benzene rings is 3. The standard InChI is InChI=1S/C21H17FN2O2S/c22-19-10-8-16(9-11-19)17-6-3-4-15(12-17)14-23-27(25,26)21-13-18-5-1-2-7-20(18)24-21/h1-13,23-24H,14H2. The molecule has 1 aromatic heterocycles. The molecule has 0 fully saturated rings. The summed E-state index contributed by atoms with van der Waals surface area (Å²) in [5.41, 5.74) is 3.36. The minimum Gasteiger partial charge on any atom is -0.345 e. The zero-order valence-corrected chi connectivity index (χ0v) is 15.1. The highest BCUT2D eigenvalue weighted by Gasteiger charge is 2.16. The summed E-state index contributed by atoms with van der Waals surface area (Å²) in [5, 5.41) is 0.981. The number of halogens is 1. The van der Waals surface area contributed by atoms with Gasteiger partial charge in [-0.05, 0) is 47.0 Å². The molecule has 0 aliphatic heterocycles. The molecule has 2 N–H and O–H groups in total. The van der Waals surface area contributed by atoms with Crippen molar-refractivity contribution in [3.05, 3.63) is 90.2 Å². The average molecular weight is 380 g/mol. The average Bonchev–Trinajstić information content (AvgIpc) is 3.13. The van der Waals surface area contributed by atoms with Gasteiger partial charge in [0.25, 0.3) is 10.0 Å². The van der Waals surface area contributed by atoms with E-state index in [4.69, 9.17) is 0 Å². The van der Waals surface area contributed by atoms with Crippen LogP contribution in [0.1, 0.15) is 5.56 Å². The number of para-hydroxylation sites is 1. The van der Waals surface area contributed by atoms with E-state index in [0.717, 1.165) is 27.6 Å². The first-order valence-electron chi connectivity index (χ1n) is 8.44. The maximum atomic E-state index is 13.1. The Balaban J connectivity index is 1.54. The summed E-state index contributed by atoms with van der Waals surface area (Å²) in [6.45, 7) is 0.159. The molecule has 0 aliphatic rings. The summed E-state index contributed by atoms with van der Waals surface area (Å²) in [5.74, 6) is -0.291. The van der Waals surface area contributed by atoms with Crippen LogP contribution < -0.4 is 4.72 Å². The Bertz CT molecular complexity index is 1170. The number of fused-ring (bicyclic) bond motifs is 1. The van der Waals surface area contributed by atoms with Crippen molar-refractivity contribution >= 4 is 20.9 Å². The van der Waals surface area contributed by atoms with Crippen LogP contribution in [0.25, 0.3) is 22.0 Å². The first-order valence-corrected chi connectivity index (χ1v) is 9.92. The maximum Gasteiger partial charge on any atom is 0.256 e. The van der Waals surface area contributed by atoms with Crippen molar-refractivity contribution in [2.75, 3.05) is 0 Å². The number of aromatic nitrogens is 1. The summed E-state index contributed by atoms with van der Waals surface area (Å²) in [6, 6.07) is 22.7. The van der Waals surface area contributed by atoms with Gasteiger partial charge in [-0.1, -0.05) is 48.5 Å².